The maximum Gasteiger partial charge on any atom is 0.244 e. The predicted octanol–water partition coefficient (Wildman–Crippen LogP) is 2.25. The molecular formula is C15H21N3O. The van der Waals surface area contributed by atoms with Crippen molar-refractivity contribution in [3.05, 3.63) is 29.8 Å². The maximum absolute atomic E-state index is 12.3. The lowest BCUT2D eigenvalue weighted by molar-refractivity contribution is -0.131. The Balaban J connectivity index is 2.97. The van der Waals surface area contributed by atoms with Crippen LogP contribution in [0.3, 0.4) is 0 Å². The van der Waals surface area contributed by atoms with Gasteiger partial charge in [-0.1, -0.05) is 12.1 Å². The number of hydrogen-bond acceptors (Lipinski definition) is 3. The van der Waals surface area contributed by atoms with Crippen LogP contribution in [0.1, 0.15) is 26.3 Å². The fourth-order valence-electron chi connectivity index (χ4n) is 2.05. The van der Waals surface area contributed by atoms with Crippen LogP contribution < -0.4 is 4.90 Å². The lowest BCUT2D eigenvalue weighted by Crippen LogP contribution is -2.45. The van der Waals surface area contributed by atoms with Gasteiger partial charge in [0.1, 0.15) is 12.1 Å². The van der Waals surface area contributed by atoms with Crippen LogP contribution in [0.4, 0.5) is 5.69 Å². The quantitative estimate of drug-likeness (QED) is 0.815. The number of benzene rings is 1. The lowest BCUT2D eigenvalue weighted by atomic mass is 10.1. The van der Waals surface area contributed by atoms with Gasteiger partial charge in [-0.15, -0.1) is 0 Å². The first-order chi connectivity index (χ1) is 9.06. The second-order valence-electron chi connectivity index (χ2n) is 4.43. The summed E-state index contributed by atoms with van der Waals surface area (Å²) in [7, 11) is 1.85. The molecule has 4 heteroatoms. The fraction of sp³-hybridized carbons (Fsp3) is 0.467. The van der Waals surface area contributed by atoms with Crippen molar-refractivity contribution >= 4 is 11.6 Å². The predicted molar refractivity (Wildman–Crippen MR) is 77.0 cm³/mol. The summed E-state index contributed by atoms with van der Waals surface area (Å²) >= 11 is 0. The van der Waals surface area contributed by atoms with E-state index in [0.29, 0.717) is 18.7 Å². The van der Waals surface area contributed by atoms with Gasteiger partial charge in [0.2, 0.25) is 5.91 Å². The zero-order chi connectivity index (χ0) is 14.4. The Morgan fingerprint density at radius 1 is 1.32 bits per heavy atom. The van der Waals surface area contributed by atoms with Crippen molar-refractivity contribution in [1.29, 1.82) is 5.26 Å². The van der Waals surface area contributed by atoms with Crippen molar-refractivity contribution in [2.24, 2.45) is 0 Å². The van der Waals surface area contributed by atoms with Crippen molar-refractivity contribution in [1.82, 2.24) is 4.90 Å². The molecule has 0 heterocycles. The van der Waals surface area contributed by atoms with Crippen LogP contribution in [0.25, 0.3) is 0 Å². The first-order valence-corrected chi connectivity index (χ1v) is 6.57. The summed E-state index contributed by atoms with van der Waals surface area (Å²) in [4.78, 5) is 16.0. The van der Waals surface area contributed by atoms with E-state index in [1.165, 1.54) is 0 Å². The number of carbonyl (C=O) groups is 1. The average Bonchev–Trinajstić information content (AvgIpc) is 2.46. The highest BCUT2D eigenvalue weighted by Gasteiger charge is 2.23. The highest BCUT2D eigenvalue weighted by molar-refractivity contribution is 5.85. The first kappa shape index (κ1) is 15.0. The van der Waals surface area contributed by atoms with E-state index in [1.54, 1.807) is 11.0 Å². The molecule has 0 bridgehead atoms. The number of carbonyl (C=O) groups excluding carboxylic acids is 1. The Labute approximate surface area is 115 Å². The third kappa shape index (κ3) is 3.25. The SMILES string of the molecule is CCN(CC)C(=O)C(C)N(C)c1ccccc1C#N. The van der Waals surface area contributed by atoms with Crippen molar-refractivity contribution in [2.75, 3.05) is 25.0 Å². The number of nitrogens with zero attached hydrogens (tertiary/aromatic N) is 3. The Morgan fingerprint density at radius 2 is 1.89 bits per heavy atom. The van der Waals surface area contributed by atoms with Gasteiger partial charge in [0.25, 0.3) is 0 Å². The smallest absolute Gasteiger partial charge is 0.244 e. The van der Waals surface area contributed by atoms with E-state index in [0.717, 1.165) is 5.69 Å². The van der Waals surface area contributed by atoms with Crippen molar-refractivity contribution in [3.8, 4) is 6.07 Å². The summed E-state index contributed by atoms with van der Waals surface area (Å²) in [5.41, 5.74) is 1.38. The normalized spacial score (nSPS) is 11.5. The maximum atomic E-state index is 12.3. The van der Waals surface area contributed by atoms with Crippen LogP contribution in [0.5, 0.6) is 0 Å². The standard InChI is InChI=1S/C15H21N3O/c1-5-18(6-2)15(19)12(3)17(4)14-10-8-7-9-13(14)11-16/h7-10,12H,5-6H2,1-4H3. The topological polar surface area (TPSA) is 47.3 Å². The number of anilines is 1. The Morgan fingerprint density at radius 3 is 2.42 bits per heavy atom. The highest BCUT2D eigenvalue weighted by atomic mass is 16.2. The third-order valence-electron chi connectivity index (χ3n) is 3.42. The van der Waals surface area contributed by atoms with E-state index in [-0.39, 0.29) is 11.9 Å². The van der Waals surface area contributed by atoms with Gasteiger partial charge in [-0.05, 0) is 32.9 Å². The average molecular weight is 259 g/mol. The molecule has 0 saturated carbocycles. The zero-order valence-corrected chi connectivity index (χ0v) is 12.1. The van der Waals surface area contributed by atoms with E-state index < -0.39 is 0 Å². The molecule has 0 aliphatic rings. The Kier molecular flexibility index (Phi) is 5.37. The van der Waals surface area contributed by atoms with E-state index in [1.807, 2.05) is 50.9 Å². The molecular weight excluding hydrogens is 238 g/mol. The summed E-state index contributed by atoms with van der Waals surface area (Å²) in [6.45, 7) is 7.21. The van der Waals surface area contributed by atoms with Gasteiger partial charge in [0.15, 0.2) is 0 Å². The van der Waals surface area contributed by atoms with Crippen molar-refractivity contribution < 1.29 is 4.79 Å². The van der Waals surface area contributed by atoms with Gasteiger partial charge >= 0.3 is 0 Å². The Hall–Kier alpha value is -2.02. The molecule has 0 fully saturated rings. The summed E-state index contributed by atoms with van der Waals surface area (Å²) in [5.74, 6) is 0.0836. The largest absolute Gasteiger partial charge is 0.362 e. The molecule has 19 heavy (non-hydrogen) atoms. The summed E-state index contributed by atoms with van der Waals surface area (Å²) in [6, 6.07) is 9.21. The zero-order valence-electron chi connectivity index (χ0n) is 12.1. The molecule has 1 unspecified atom stereocenters. The number of hydrogen-bond donors (Lipinski definition) is 0. The van der Waals surface area contributed by atoms with Gasteiger partial charge in [-0.3, -0.25) is 4.79 Å². The van der Waals surface area contributed by atoms with Gasteiger partial charge in [0, 0.05) is 20.1 Å². The molecule has 0 aromatic heterocycles. The number of rotatable bonds is 5. The second-order valence-corrected chi connectivity index (χ2v) is 4.43. The minimum atomic E-state index is -0.283. The molecule has 1 atom stereocenters. The molecule has 0 N–H and O–H groups in total. The molecule has 0 radical (unpaired) electrons. The number of likely N-dealkylation sites (N-methyl/N-ethyl adjacent to an activating group) is 2. The first-order valence-electron chi connectivity index (χ1n) is 6.57. The summed E-state index contributed by atoms with van der Waals surface area (Å²) in [6.07, 6.45) is 0. The van der Waals surface area contributed by atoms with E-state index in [4.69, 9.17) is 5.26 Å². The summed E-state index contributed by atoms with van der Waals surface area (Å²) in [5, 5.41) is 9.12. The third-order valence-corrected chi connectivity index (χ3v) is 3.42. The molecule has 1 amide bonds. The molecule has 4 nitrogen and oxygen atoms in total. The van der Waals surface area contributed by atoms with Gasteiger partial charge in [0.05, 0.1) is 11.3 Å². The monoisotopic (exact) mass is 259 g/mol. The van der Waals surface area contributed by atoms with Crippen LogP contribution in [-0.2, 0) is 4.79 Å². The number of amides is 1. The second kappa shape index (κ2) is 6.79. The number of nitriles is 1. The van der Waals surface area contributed by atoms with Crippen LogP contribution in [0.15, 0.2) is 24.3 Å². The van der Waals surface area contributed by atoms with Gasteiger partial charge in [-0.2, -0.15) is 5.26 Å². The molecule has 1 aromatic rings. The minimum absolute atomic E-state index is 0.0836. The number of para-hydroxylation sites is 1. The highest BCUT2D eigenvalue weighted by Crippen LogP contribution is 2.20. The lowest BCUT2D eigenvalue weighted by Gasteiger charge is -2.31. The molecule has 0 spiro atoms. The Bertz CT molecular complexity index is 475. The van der Waals surface area contributed by atoms with Crippen LogP contribution >= 0.6 is 0 Å². The van der Waals surface area contributed by atoms with Crippen molar-refractivity contribution in [3.63, 3.8) is 0 Å². The molecule has 0 saturated heterocycles. The van der Waals surface area contributed by atoms with Crippen LogP contribution in [0, 0.1) is 11.3 Å². The molecule has 1 rings (SSSR count). The summed E-state index contributed by atoms with van der Waals surface area (Å²) < 4.78 is 0. The van der Waals surface area contributed by atoms with Crippen LogP contribution in [-0.4, -0.2) is 37.0 Å². The van der Waals surface area contributed by atoms with E-state index in [9.17, 15) is 4.79 Å². The van der Waals surface area contributed by atoms with E-state index in [2.05, 4.69) is 6.07 Å². The van der Waals surface area contributed by atoms with Gasteiger partial charge < -0.3 is 9.80 Å². The fourth-order valence-corrected chi connectivity index (χ4v) is 2.05. The molecule has 1 aromatic carbocycles. The van der Waals surface area contributed by atoms with E-state index >= 15 is 0 Å². The van der Waals surface area contributed by atoms with Crippen LogP contribution in [0.2, 0.25) is 0 Å². The minimum Gasteiger partial charge on any atom is -0.362 e. The van der Waals surface area contributed by atoms with Crippen molar-refractivity contribution in [2.45, 2.75) is 26.8 Å². The molecule has 0 aliphatic carbocycles. The molecule has 102 valence electrons. The molecule has 0 aliphatic heterocycles. The van der Waals surface area contributed by atoms with Gasteiger partial charge in [-0.25, -0.2) is 0 Å².